The summed E-state index contributed by atoms with van der Waals surface area (Å²) in [6.45, 7) is 0. The van der Waals surface area contributed by atoms with Gasteiger partial charge in [-0.2, -0.15) is 8.62 Å². The van der Waals surface area contributed by atoms with E-state index in [9.17, 15) is 13.7 Å². The summed E-state index contributed by atoms with van der Waals surface area (Å²) in [5, 5.41) is 0. The average Bonchev–Trinajstić information content (AvgIpc) is 3.00. The molecule has 0 atom stereocenters. The van der Waals surface area contributed by atoms with Crippen LogP contribution in [0.25, 0.3) is 22.6 Å². The summed E-state index contributed by atoms with van der Waals surface area (Å²) in [6.07, 6.45) is 1.56. The Morgan fingerprint density at radius 3 is 1.97 bits per heavy atom. The lowest BCUT2D eigenvalue weighted by Gasteiger charge is -2.11. The van der Waals surface area contributed by atoms with Crippen molar-refractivity contribution in [3.63, 3.8) is 0 Å². The lowest BCUT2D eigenvalue weighted by Crippen LogP contribution is -1.97. The van der Waals surface area contributed by atoms with Crippen LogP contribution in [0.15, 0.2) is 36.7 Å². The first-order valence-corrected chi connectivity index (χ1v) is 11.7. The van der Waals surface area contributed by atoms with Crippen LogP contribution in [0.3, 0.4) is 0 Å². The molecule has 0 amide bonds. The molecule has 3 rings (SSSR count). The molecule has 0 saturated carbocycles. The van der Waals surface area contributed by atoms with Gasteiger partial charge >= 0.3 is 23.5 Å². The summed E-state index contributed by atoms with van der Waals surface area (Å²) >= 11 is 0. The molecule has 8 N–H and O–H groups in total. The third-order valence-electron chi connectivity index (χ3n) is 2.76. The van der Waals surface area contributed by atoms with E-state index >= 15 is 0 Å². The lowest BCUT2D eigenvalue weighted by molar-refractivity contribution is 0.204. The molecule has 0 aliphatic heterocycles. The number of nitrogens with zero attached hydrogens (tertiary/aromatic N) is 3. The molecule has 2 aromatic heterocycles. The summed E-state index contributed by atoms with van der Waals surface area (Å²) in [4.78, 5) is 55.8. The van der Waals surface area contributed by atoms with Gasteiger partial charge in [0, 0.05) is 5.56 Å². The van der Waals surface area contributed by atoms with Gasteiger partial charge in [0.05, 0.1) is 6.33 Å². The molecule has 0 spiro atoms. The van der Waals surface area contributed by atoms with E-state index in [0.717, 1.165) is 5.56 Å². The highest BCUT2D eigenvalue weighted by Crippen LogP contribution is 2.64. The summed E-state index contributed by atoms with van der Waals surface area (Å²) in [5.74, 6) is 1.01. The van der Waals surface area contributed by atoms with Crippen molar-refractivity contribution in [1.29, 1.82) is 0 Å². The molecule has 3 aromatic rings. The number of nitrogen functional groups attached to an aromatic ring is 1. The fourth-order valence-electron chi connectivity index (χ4n) is 1.86. The molecule has 0 bridgehead atoms. The number of H-pyrrole nitrogens is 1. The highest BCUT2D eigenvalue weighted by Gasteiger charge is 2.38. The largest absolute Gasteiger partial charge is 0.490 e. The zero-order valence-corrected chi connectivity index (χ0v) is 16.7. The maximum Gasteiger partial charge on any atom is 0.490 e. The molecule has 0 aliphatic carbocycles. The Morgan fingerprint density at radius 1 is 0.897 bits per heavy atom. The summed E-state index contributed by atoms with van der Waals surface area (Å²) in [6, 6.07) is 9.69. The number of fused-ring (bicyclic) bond motifs is 1. The molecule has 29 heavy (non-hydrogen) atoms. The topological polar surface area (TPSA) is 251 Å². The van der Waals surface area contributed by atoms with Crippen LogP contribution in [0.5, 0.6) is 0 Å². The first kappa shape index (κ1) is 23.3. The molecule has 0 radical (unpaired) electrons. The Morgan fingerprint density at radius 2 is 1.45 bits per heavy atom. The third-order valence-corrected chi connectivity index (χ3v) is 6.12. The number of aromatic nitrogens is 4. The molecule has 0 aliphatic rings. The van der Waals surface area contributed by atoms with Crippen LogP contribution in [0.1, 0.15) is 0 Å². The van der Waals surface area contributed by atoms with Gasteiger partial charge in [-0.3, -0.25) is 0 Å². The number of imidazole rings is 1. The van der Waals surface area contributed by atoms with Crippen LogP contribution >= 0.6 is 23.5 Å². The minimum Gasteiger partial charge on any atom is -0.382 e. The van der Waals surface area contributed by atoms with Crippen LogP contribution in [-0.2, 0) is 22.3 Å². The summed E-state index contributed by atoms with van der Waals surface area (Å²) in [5.41, 5.74) is 8.02. The van der Waals surface area contributed by atoms with Crippen molar-refractivity contribution in [2.75, 3.05) is 5.73 Å². The minimum atomic E-state index is -5.46. The Kier molecular flexibility index (Phi) is 7.04. The number of nitrogens with two attached hydrogens (primary N) is 1. The second kappa shape index (κ2) is 8.78. The number of rotatable bonds is 5. The van der Waals surface area contributed by atoms with E-state index < -0.39 is 23.5 Å². The van der Waals surface area contributed by atoms with E-state index in [2.05, 4.69) is 28.6 Å². The van der Waals surface area contributed by atoms with Gasteiger partial charge < -0.3 is 35.2 Å². The third kappa shape index (κ3) is 7.72. The van der Waals surface area contributed by atoms with Gasteiger partial charge in [-0.1, -0.05) is 30.3 Å². The predicted octanol–water partition coefficient (Wildman–Crippen LogP) is 0.907. The highest BCUT2D eigenvalue weighted by molar-refractivity contribution is 7.66. The van der Waals surface area contributed by atoms with Crippen LogP contribution in [-0.4, -0.2) is 44.4 Å². The second-order valence-corrected chi connectivity index (χ2v) is 9.22. The molecular weight excluding hydrogens is 455 g/mol. The van der Waals surface area contributed by atoms with Crippen molar-refractivity contribution in [3.05, 3.63) is 36.7 Å². The zero-order chi connectivity index (χ0) is 21.9. The van der Waals surface area contributed by atoms with Crippen molar-refractivity contribution in [3.8, 4) is 11.4 Å². The van der Waals surface area contributed by atoms with Gasteiger partial charge in [-0.15, -0.1) is 0 Å². The van der Waals surface area contributed by atoms with Gasteiger partial charge in [0.15, 0.2) is 17.3 Å². The number of benzene rings is 1. The van der Waals surface area contributed by atoms with Gasteiger partial charge in [0.1, 0.15) is 5.52 Å². The van der Waals surface area contributed by atoms with E-state index in [1.807, 2.05) is 30.3 Å². The van der Waals surface area contributed by atoms with Crippen LogP contribution in [0, 0.1) is 0 Å². The number of hydrogen-bond donors (Lipinski definition) is 7. The maximum absolute atomic E-state index is 10.4. The fourth-order valence-corrected chi connectivity index (χ4v) is 4.39. The molecule has 2 heterocycles. The first-order valence-electron chi connectivity index (χ1n) is 7.14. The predicted molar refractivity (Wildman–Crippen MR) is 97.6 cm³/mol. The van der Waals surface area contributed by atoms with E-state index in [-0.39, 0.29) is 0 Å². The number of hydrogen-bond acceptors (Lipinski definition) is 9. The standard InChI is InChI=1S/C11H9N5.H5O10P3/c12-9-8-11(14-6-13-8)16-10(15-9)7-4-2-1-3-5-7;1-11(2,3)9-13(7,8)10-12(4,5)6/h1-6H,(H3,12,13,14,15,16);(H,7,8)(H2,1,2,3)(H2,4,5,6). The highest BCUT2D eigenvalue weighted by atomic mass is 31.3. The van der Waals surface area contributed by atoms with Crippen LogP contribution in [0.4, 0.5) is 5.82 Å². The van der Waals surface area contributed by atoms with E-state index in [1.165, 1.54) is 0 Å². The monoisotopic (exact) mass is 469 g/mol. The van der Waals surface area contributed by atoms with Crippen molar-refractivity contribution >= 4 is 40.4 Å². The number of anilines is 1. The van der Waals surface area contributed by atoms with Crippen LogP contribution in [0.2, 0.25) is 0 Å². The van der Waals surface area contributed by atoms with Gasteiger partial charge in [-0.25, -0.2) is 28.6 Å². The quantitative estimate of drug-likeness (QED) is 0.257. The van der Waals surface area contributed by atoms with Crippen LogP contribution < -0.4 is 5.73 Å². The normalized spacial score (nSPS) is 12.4. The smallest absolute Gasteiger partial charge is 0.382 e. The molecule has 158 valence electrons. The Hall–Kier alpha value is -2.02. The van der Waals surface area contributed by atoms with Crippen molar-refractivity contribution in [1.82, 2.24) is 19.9 Å². The van der Waals surface area contributed by atoms with E-state index in [4.69, 9.17) is 30.2 Å². The summed E-state index contributed by atoms with van der Waals surface area (Å²) < 4.78 is 36.4. The van der Waals surface area contributed by atoms with Crippen molar-refractivity contribution < 1.29 is 46.8 Å². The molecular formula is C11H14N5O10P3. The second-order valence-electron chi connectivity index (χ2n) is 5.01. The van der Waals surface area contributed by atoms with Crippen molar-refractivity contribution in [2.24, 2.45) is 0 Å². The molecule has 1 aromatic carbocycles. The molecule has 0 fully saturated rings. The van der Waals surface area contributed by atoms with Crippen molar-refractivity contribution in [2.45, 2.75) is 0 Å². The maximum atomic E-state index is 10.4. The zero-order valence-electron chi connectivity index (χ0n) is 14.0. The Balaban J connectivity index is 0.000000213. The van der Waals surface area contributed by atoms with Gasteiger partial charge in [0.25, 0.3) is 0 Å². The Bertz CT molecular complexity index is 1100. The molecule has 0 unspecified atom stereocenters. The summed E-state index contributed by atoms with van der Waals surface area (Å²) in [7, 11) is -16.2. The SMILES string of the molecule is Nc1nc(-c2ccccc2)nc2nc[nH]c12.O=P(O)(O)OP(=O)(O)OP(=O)(O)O. The first-order chi connectivity index (χ1) is 13.3. The molecule has 15 nitrogen and oxygen atoms in total. The fraction of sp³-hybridized carbons (Fsp3) is 0. The number of phosphoric acid groups is 3. The minimum absolute atomic E-state index is 0.418. The van der Waals surface area contributed by atoms with Gasteiger partial charge in [-0.05, 0) is 0 Å². The van der Waals surface area contributed by atoms with E-state index in [0.29, 0.717) is 22.8 Å². The Labute approximate surface area is 161 Å². The number of aromatic amines is 1. The molecule has 18 heteroatoms. The van der Waals surface area contributed by atoms with Gasteiger partial charge in [0.2, 0.25) is 0 Å². The average molecular weight is 469 g/mol. The number of nitrogens with one attached hydrogen (secondary N) is 1. The molecule has 0 saturated heterocycles. The lowest BCUT2D eigenvalue weighted by atomic mass is 10.2. The van der Waals surface area contributed by atoms with E-state index in [1.54, 1.807) is 6.33 Å².